The second-order valence-corrected chi connectivity index (χ2v) is 8.73. The van der Waals surface area contributed by atoms with E-state index in [2.05, 4.69) is 22.0 Å². The highest BCUT2D eigenvalue weighted by Crippen LogP contribution is 2.27. The van der Waals surface area contributed by atoms with Crippen LogP contribution in [0.15, 0.2) is 53.4 Å². The maximum absolute atomic E-state index is 11.6. The number of aromatic nitrogens is 2. The Kier molecular flexibility index (Phi) is 7.21. The highest BCUT2D eigenvalue weighted by molar-refractivity contribution is 7.07. The Bertz CT molecular complexity index is 1000. The first-order valence-electron chi connectivity index (χ1n) is 10.8. The van der Waals surface area contributed by atoms with E-state index in [0.717, 1.165) is 60.9 Å². The summed E-state index contributed by atoms with van der Waals surface area (Å²) in [6.45, 7) is 2.77. The van der Waals surface area contributed by atoms with Crippen LogP contribution in [0.25, 0.3) is 11.3 Å². The Morgan fingerprint density at radius 3 is 2.66 bits per heavy atom. The van der Waals surface area contributed by atoms with Crippen molar-refractivity contribution in [3.05, 3.63) is 59.0 Å². The van der Waals surface area contributed by atoms with Gasteiger partial charge in [-0.25, -0.2) is 14.8 Å². The zero-order valence-corrected chi connectivity index (χ0v) is 19.0. The van der Waals surface area contributed by atoms with Crippen LogP contribution in [0, 0.1) is 5.92 Å². The van der Waals surface area contributed by atoms with E-state index in [0.29, 0.717) is 19.0 Å². The Labute approximate surface area is 192 Å². The number of nitrogens with zero attached hydrogens (tertiary/aromatic N) is 4. The summed E-state index contributed by atoms with van der Waals surface area (Å²) >= 11 is 1.49. The van der Waals surface area contributed by atoms with Crippen LogP contribution in [0.3, 0.4) is 0 Å². The van der Waals surface area contributed by atoms with Gasteiger partial charge in [-0.05, 0) is 61.6 Å². The summed E-state index contributed by atoms with van der Waals surface area (Å²) in [4.78, 5) is 24.5. The smallest absolute Gasteiger partial charge is 0.407 e. The number of hydrogen-bond donors (Lipinski definition) is 1. The fraction of sp³-hybridized carbons (Fsp3) is 0.375. The number of rotatable bonds is 8. The number of ether oxygens (including phenoxy) is 1. The molecule has 7 nitrogen and oxygen atoms in total. The highest BCUT2D eigenvalue weighted by Gasteiger charge is 2.22. The molecule has 0 bridgehead atoms. The number of carbonyl (C=O) groups is 1. The molecule has 0 unspecified atom stereocenters. The predicted octanol–water partition coefficient (Wildman–Crippen LogP) is 5.00. The molecule has 8 heteroatoms. The molecule has 0 saturated carbocycles. The molecule has 3 heterocycles. The Morgan fingerprint density at radius 2 is 2.00 bits per heavy atom. The van der Waals surface area contributed by atoms with Crippen molar-refractivity contribution in [2.75, 3.05) is 31.6 Å². The number of anilines is 1. The normalized spacial score (nSPS) is 14.3. The first kappa shape index (κ1) is 22.1. The number of amides is 1. The van der Waals surface area contributed by atoms with Crippen molar-refractivity contribution in [3.63, 3.8) is 0 Å². The van der Waals surface area contributed by atoms with Crippen molar-refractivity contribution in [2.24, 2.45) is 5.92 Å². The van der Waals surface area contributed by atoms with Gasteiger partial charge in [-0.2, -0.15) is 0 Å². The van der Waals surface area contributed by atoms with Crippen molar-refractivity contribution >= 4 is 23.2 Å². The maximum atomic E-state index is 11.6. The molecule has 1 N–H and O–H groups in total. The SMILES string of the molecule is COc1ccc(-c2cccc(N3CCC(CCN(Cc4cscn4)C(=O)O)CC3)n2)cc1. The average molecular weight is 453 g/mol. The number of hydrogen-bond acceptors (Lipinski definition) is 6. The Hall–Kier alpha value is -3.13. The van der Waals surface area contributed by atoms with E-state index in [1.807, 2.05) is 35.7 Å². The molecular weight excluding hydrogens is 424 g/mol. The van der Waals surface area contributed by atoms with E-state index in [1.54, 1.807) is 12.6 Å². The van der Waals surface area contributed by atoms with Gasteiger partial charge in [0.2, 0.25) is 0 Å². The zero-order chi connectivity index (χ0) is 22.3. The number of benzene rings is 1. The van der Waals surface area contributed by atoms with Gasteiger partial charge < -0.3 is 19.6 Å². The standard InChI is InChI=1S/C24H28N4O3S/c1-31-21-7-5-19(6-8-21)22-3-2-4-23(26-22)27-12-9-18(10-13-27)11-14-28(24(29)30)15-20-16-32-17-25-20/h2-8,16-18H,9-15H2,1H3,(H,29,30). The second-order valence-electron chi connectivity index (χ2n) is 8.01. The minimum atomic E-state index is -0.880. The quantitative estimate of drug-likeness (QED) is 0.518. The summed E-state index contributed by atoms with van der Waals surface area (Å²) in [5.74, 6) is 2.35. The largest absolute Gasteiger partial charge is 0.497 e. The summed E-state index contributed by atoms with van der Waals surface area (Å²) in [5.41, 5.74) is 4.57. The summed E-state index contributed by atoms with van der Waals surface area (Å²) in [6, 6.07) is 14.1. The third-order valence-electron chi connectivity index (χ3n) is 5.97. The number of thiazole rings is 1. The maximum Gasteiger partial charge on any atom is 0.407 e. The highest BCUT2D eigenvalue weighted by atomic mass is 32.1. The molecule has 0 aliphatic carbocycles. The van der Waals surface area contributed by atoms with Gasteiger partial charge in [0.1, 0.15) is 11.6 Å². The van der Waals surface area contributed by atoms with Gasteiger partial charge >= 0.3 is 6.09 Å². The van der Waals surface area contributed by atoms with Crippen molar-refractivity contribution < 1.29 is 14.6 Å². The van der Waals surface area contributed by atoms with E-state index in [9.17, 15) is 9.90 Å². The van der Waals surface area contributed by atoms with Crippen LogP contribution >= 0.6 is 11.3 Å². The van der Waals surface area contributed by atoms with Crippen LogP contribution in [-0.4, -0.2) is 52.8 Å². The van der Waals surface area contributed by atoms with Gasteiger partial charge in [0, 0.05) is 30.6 Å². The number of carboxylic acid groups (broad SMARTS) is 1. The molecule has 1 fully saturated rings. The molecule has 0 radical (unpaired) electrons. The van der Waals surface area contributed by atoms with Crippen LogP contribution in [0.4, 0.5) is 10.6 Å². The van der Waals surface area contributed by atoms with Gasteiger partial charge in [0.25, 0.3) is 0 Å². The number of methoxy groups -OCH3 is 1. The third kappa shape index (κ3) is 5.56. The minimum absolute atomic E-state index is 0.361. The minimum Gasteiger partial charge on any atom is -0.497 e. The molecule has 168 valence electrons. The molecule has 2 aromatic heterocycles. The van der Waals surface area contributed by atoms with Crippen LogP contribution in [-0.2, 0) is 6.54 Å². The van der Waals surface area contributed by atoms with E-state index in [4.69, 9.17) is 9.72 Å². The lowest BCUT2D eigenvalue weighted by Gasteiger charge is -2.33. The van der Waals surface area contributed by atoms with Crippen LogP contribution in [0.1, 0.15) is 25.0 Å². The van der Waals surface area contributed by atoms with Gasteiger partial charge in [-0.1, -0.05) is 6.07 Å². The van der Waals surface area contributed by atoms with Crippen molar-refractivity contribution in [1.29, 1.82) is 0 Å². The van der Waals surface area contributed by atoms with Crippen LogP contribution in [0.5, 0.6) is 5.75 Å². The number of pyridine rings is 1. The molecule has 0 atom stereocenters. The molecule has 1 amide bonds. The van der Waals surface area contributed by atoms with Crippen molar-refractivity contribution in [2.45, 2.75) is 25.8 Å². The van der Waals surface area contributed by atoms with Crippen molar-refractivity contribution in [1.82, 2.24) is 14.9 Å². The van der Waals surface area contributed by atoms with E-state index in [-0.39, 0.29) is 0 Å². The van der Waals surface area contributed by atoms with Gasteiger partial charge in [-0.15, -0.1) is 11.3 Å². The van der Waals surface area contributed by atoms with Gasteiger partial charge in [-0.3, -0.25) is 0 Å². The van der Waals surface area contributed by atoms with Crippen LogP contribution in [0.2, 0.25) is 0 Å². The van der Waals surface area contributed by atoms with Gasteiger partial charge in [0.05, 0.1) is 30.6 Å². The zero-order valence-electron chi connectivity index (χ0n) is 18.2. The summed E-state index contributed by atoms with van der Waals surface area (Å²) in [6.07, 6.45) is 2.08. The molecule has 1 aromatic carbocycles. The lowest BCUT2D eigenvalue weighted by molar-refractivity contribution is 0.137. The van der Waals surface area contributed by atoms with E-state index < -0.39 is 6.09 Å². The second kappa shape index (κ2) is 10.5. The predicted molar refractivity (Wildman–Crippen MR) is 126 cm³/mol. The monoisotopic (exact) mass is 452 g/mol. The van der Waals surface area contributed by atoms with E-state index in [1.165, 1.54) is 16.2 Å². The fourth-order valence-corrected chi connectivity index (χ4v) is 4.61. The molecule has 32 heavy (non-hydrogen) atoms. The van der Waals surface area contributed by atoms with Crippen molar-refractivity contribution in [3.8, 4) is 17.0 Å². The molecule has 1 aliphatic rings. The molecule has 0 spiro atoms. The lowest BCUT2D eigenvalue weighted by atomic mass is 9.93. The fourth-order valence-electron chi connectivity index (χ4n) is 4.06. The van der Waals surface area contributed by atoms with Gasteiger partial charge in [0.15, 0.2) is 0 Å². The molecule has 1 saturated heterocycles. The topological polar surface area (TPSA) is 78.8 Å². The summed E-state index contributed by atoms with van der Waals surface area (Å²) < 4.78 is 5.24. The average Bonchev–Trinajstić information content (AvgIpc) is 3.35. The Balaban J connectivity index is 1.31. The van der Waals surface area contributed by atoms with E-state index >= 15 is 0 Å². The molecule has 3 aromatic rings. The summed E-state index contributed by atoms with van der Waals surface area (Å²) in [5, 5.41) is 11.4. The number of piperidine rings is 1. The third-order valence-corrected chi connectivity index (χ3v) is 6.61. The lowest BCUT2D eigenvalue weighted by Crippen LogP contribution is -2.36. The summed E-state index contributed by atoms with van der Waals surface area (Å²) in [7, 11) is 1.66. The Morgan fingerprint density at radius 1 is 1.22 bits per heavy atom. The first-order valence-corrected chi connectivity index (χ1v) is 11.8. The van der Waals surface area contributed by atoms with Crippen LogP contribution < -0.4 is 9.64 Å². The molecular formula is C24H28N4O3S. The molecule has 1 aliphatic heterocycles. The first-order chi connectivity index (χ1) is 15.6. The molecule has 4 rings (SSSR count).